The predicted molar refractivity (Wildman–Crippen MR) is 324 cm³/mol. The topological polar surface area (TPSA) is 0 Å². The van der Waals surface area contributed by atoms with E-state index in [0.29, 0.717) is 0 Å². The minimum atomic E-state index is 0.167. The number of allylic oxidation sites excluding steroid dienone is 7. The van der Waals surface area contributed by atoms with Gasteiger partial charge in [0.05, 0.1) is 0 Å². The van der Waals surface area contributed by atoms with Crippen LogP contribution < -0.4 is 16.4 Å². The molecule has 2 heteroatoms. The van der Waals surface area contributed by atoms with Crippen LogP contribution in [0.15, 0.2) is 163 Å². The molecule has 366 valence electrons. The molecule has 2 bridgehead atoms. The first kappa shape index (κ1) is 51.3. The highest BCUT2D eigenvalue weighted by Crippen LogP contribution is 2.53. The number of hydrogen-bond acceptors (Lipinski definition) is 1. The Hall–Kier alpha value is -6.66. The molecule has 2 atom stereocenters. The van der Waals surface area contributed by atoms with Gasteiger partial charge in [-0.1, -0.05) is 212 Å². The van der Waals surface area contributed by atoms with Gasteiger partial charge in [-0.05, 0) is 194 Å². The van der Waals surface area contributed by atoms with E-state index in [1.54, 1.807) is 11.6 Å². The van der Waals surface area contributed by atoms with E-state index >= 15 is 0 Å². The maximum absolute atomic E-state index is 4.97. The highest BCUT2D eigenvalue weighted by Gasteiger charge is 2.42. The quantitative estimate of drug-likeness (QED) is 0.0848. The molecule has 0 radical (unpaired) electrons. The normalized spacial score (nSPS) is 17.0. The summed E-state index contributed by atoms with van der Waals surface area (Å²) in [6.07, 6.45) is 26.4. The van der Waals surface area contributed by atoms with Crippen molar-refractivity contribution >= 4 is 66.3 Å². The molecule has 2 unspecified atom stereocenters. The Morgan fingerprint density at radius 1 is 0.658 bits per heavy atom. The molecule has 7 aromatic carbocycles. The summed E-state index contributed by atoms with van der Waals surface area (Å²) in [7, 11) is 0. The minimum Gasteiger partial charge on any atom is -0.135 e. The van der Waals surface area contributed by atoms with Crippen molar-refractivity contribution in [2.24, 2.45) is 5.92 Å². The summed E-state index contributed by atoms with van der Waals surface area (Å²) in [5.41, 5.74) is 26.5. The van der Waals surface area contributed by atoms with Crippen LogP contribution in [0.4, 0.5) is 0 Å². The SMILES string of the molecule is C#C/C=C\C(C)=C/C.Cc1ccc(C23CCC(CC=C(c4ccc(-c5ccc6sc7ccc(B(c8c(C)cc(C)cc8C)c8c(C)cc(C)cc8C)cc7c6c5)cc4)C2)C3)cc1.Cc1ccc2c(c1)C=CCC2. The van der Waals surface area contributed by atoms with E-state index in [4.69, 9.17) is 6.42 Å². The van der Waals surface area contributed by atoms with Crippen LogP contribution >= 0.6 is 11.3 Å². The second-order valence-corrected chi connectivity index (χ2v) is 22.9. The zero-order valence-corrected chi connectivity index (χ0v) is 46.0. The van der Waals surface area contributed by atoms with Gasteiger partial charge in [-0.3, -0.25) is 0 Å². The number of hydrogen-bond donors (Lipinski definition) is 0. The van der Waals surface area contributed by atoms with Crippen LogP contribution in [-0.4, -0.2) is 6.71 Å². The first-order valence-electron chi connectivity index (χ1n) is 26.7. The summed E-state index contributed by atoms with van der Waals surface area (Å²) < 4.78 is 2.70. The van der Waals surface area contributed by atoms with Gasteiger partial charge in [-0.25, -0.2) is 0 Å². The van der Waals surface area contributed by atoms with E-state index in [0.717, 1.165) is 12.3 Å². The lowest BCUT2D eigenvalue weighted by molar-refractivity contribution is 0.433. The highest BCUT2D eigenvalue weighted by atomic mass is 32.1. The van der Waals surface area contributed by atoms with Crippen LogP contribution in [-0.2, 0) is 11.8 Å². The number of aryl methyl sites for hydroxylation is 9. The van der Waals surface area contributed by atoms with Crippen molar-refractivity contribution in [1.82, 2.24) is 0 Å². The monoisotopic (exact) mass is 969 g/mol. The van der Waals surface area contributed by atoms with Crippen molar-refractivity contribution in [1.29, 1.82) is 0 Å². The number of fused-ring (bicyclic) bond motifs is 6. The fourth-order valence-electron chi connectivity index (χ4n) is 12.5. The number of benzene rings is 7. The average Bonchev–Trinajstić information content (AvgIpc) is 3.90. The van der Waals surface area contributed by atoms with Crippen LogP contribution in [0.2, 0.25) is 0 Å². The lowest BCUT2D eigenvalue weighted by atomic mass is 9.34. The lowest BCUT2D eigenvalue weighted by Gasteiger charge is -2.31. The third-order valence-electron chi connectivity index (χ3n) is 16.1. The lowest BCUT2D eigenvalue weighted by Crippen LogP contribution is -2.55. The van der Waals surface area contributed by atoms with Crippen molar-refractivity contribution in [3.05, 3.63) is 230 Å². The van der Waals surface area contributed by atoms with E-state index in [1.807, 2.05) is 37.3 Å². The third-order valence-corrected chi connectivity index (χ3v) is 17.3. The van der Waals surface area contributed by atoms with Gasteiger partial charge in [0.15, 0.2) is 0 Å². The molecule has 0 amide bonds. The summed E-state index contributed by atoms with van der Waals surface area (Å²) in [6, 6.07) is 49.5. The number of rotatable bonds is 7. The van der Waals surface area contributed by atoms with Gasteiger partial charge < -0.3 is 0 Å². The molecular formula is C71H73BS. The number of thiophene rings is 1. The molecule has 0 nitrogen and oxygen atoms in total. The Kier molecular flexibility index (Phi) is 15.6. The predicted octanol–water partition coefficient (Wildman–Crippen LogP) is 17.4. The Morgan fingerprint density at radius 3 is 1.90 bits per heavy atom. The molecule has 0 saturated heterocycles. The Morgan fingerprint density at radius 2 is 1.26 bits per heavy atom. The molecule has 3 aliphatic rings. The molecule has 73 heavy (non-hydrogen) atoms. The summed E-state index contributed by atoms with van der Waals surface area (Å²) in [4.78, 5) is 0. The van der Waals surface area contributed by atoms with E-state index in [1.165, 1.54) is 159 Å². The molecular weight excluding hydrogens is 896 g/mol. The molecule has 3 aliphatic carbocycles. The van der Waals surface area contributed by atoms with Crippen molar-refractivity contribution < 1.29 is 0 Å². The zero-order valence-electron chi connectivity index (χ0n) is 45.2. The van der Waals surface area contributed by atoms with Gasteiger partial charge in [0, 0.05) is 14.8 Å². The van der Waals surface area contributed by atoms with Crippen LogP contribution in [0.3, 0.4) is 0 Å². The van der Waals surface area contributed by atoms with Crippen molar-refractivity contribution in [2.75, 3.05) is 0 Å². The average molecular weight is 969 g/mol. The standard InChI is InChI=1S/C52H51BS.C11H12.C8H10/c1-32-8-17-44(18-9-32)52-23-22-39(30-52)10-11-43(31-52)41-14-12-40(13-15-41)42-16-20-48-46(28-42)47-29-45(19-21-49(47)54-48)53(50-35(4)24-33(2)25-36(50)5)51-37(6)26-34(3)27-38(51)7;1-9-6-7-10-4-2-3-5-11(10)8-9;1-4-6-7-8(3)5-2/h8-9,11-21,24-29,39H,10,22-23,30-31H2,1-7H3;3,5-8H,2,4H2,1H3;1,5-7H,2-3H3/b;;7-6-,8-5-. The molecule has 1 aromatic heterocycles. The Labute approximate surface area is 442 Å². The van der Waals surface area contributed by atoms with E-state index in [-0.39, 0.29) is 12.1 Å². The van der Waals surface area contributed by atoms with Crippen LogP contribution in [0.1, 0.15) is 119 Å². The second kappa shape index (κ2) is 22.2. The van der Waals surface area contributed by atoms with E-state index in [2.05, 4.69) is 207 Å². The van der Waals surface area contributed by atoms with Gasteiger partial charge in [0.2, 0.25) is 6.71 Å². The van der Waals surface area contributed by atoms with Gasteiger partial charge >= 0.3 is 0 Å². The fourth-order valence-corrected chi connectivity index (χ4v) is 13.5. The van der Waals surface area contributed by atoms with Crippen molar-refractivity contribution in [3.63, 3.8) is 0 Å². The zero-order chi connectivity index (χ0) is 51.4. The molecule has 1 fully saturated rings. The summed E-state index contributed by atoms with van der Waals surface area (Å²) >= 11 is 1.91. The first-order valence-corrected chi connectivity index (χ1v) is 27.5. The van der Waals surface area contributed by atoms with Crippen molar-refractivity contribution in [2.45, 2.75) is 120 Å². The van der Waals surface area contributed by atoms with Gasteiger partial charge in [0.1, 0.15) is 0 Å². The molecule has 1 heterocycles. The molecule has 1 saturated carbocycles. The molecule has 0 N–H and O–H groups in total. The van der Waals surface area contributed by atoms with Crippen molar-refractivity contribution in [3.8, 4) is 23.5 Å². The minimum absolute atomic E-state index is 0.167. The molecule has 0 spiro atoms. The maximum Gasteiger partial charge on any atom is 0.242 e. The van der Waals surface area contributed by atoms with E-state index in [9.17, 15) is 0 Å². The summed E-state index contributed by atoms with van der Waals surface area (Å²) in [5.74, 6) is 3.22. The van der Waals surface area contributed by atoms with Crippen LogP contribution in [0.5, 0.6) is 0 Å². The summed E-state index contributed by atoms with van der Waals surface area (Å²) in [5, 5.41) is 2.72. The van der Waals surface area contributed by atoms with Gasteiger partial charge in [-0.15, -0.1) is 17.8 Å². The van der Waals surface area contributed by atoms with Crippen LogP contribution in [0, 0.1) is 73.7 Å². The Bertz CT molecular complexity index is 3380. The molecule has 8 aromatic rings. The number of terminal acetylenes is 1. The fraction of sp³-hybridized carbons (Fsp3) is 0.268. The largest absolute Gasteiger partial charge is 0.242 e. The van der Waals surface area contributed by atoms with E-state index < -0.39 is 0 Å². The third kappa shape index (κ3) is 11.3. The Balaban J connectivity index is 0.000000289. The second-order valence-electron chi connectivity index (χ2n) is 21.8. The maximum atomic E-state index is 4.97. The van der Waals surface area contributed by atoms with Gasteiger partial charge in [-0.2, -0.15) is 0 Å². The highest BCUT2D eigenvalue weighted by molar-refractivity contribution is 7.25. The molecule has 0 aliphatic heterocycles. The van der Waals surface area contributed by atoms with Gasteiger partial charge in [0.25, 0.3) is 0 Å². The summed E-state index contributed by atoms with van der Waals surface area (Å²) in [6.45, 7) is 22.1. The first-order chi connectivity index (χ1) is 35.2. The smallest absolute Gasteiger partial charge is 0.135 e. The van der Waals surface area contributed by atoms with Crippen LogP contribution in [0.25, 0.3) is 42.9 Å². The molecule has 11 rings (SSSR count).